The minimum Gasteiger partial charge on any atom is -0.486 e. The number of fused-ring (bicyclic) bond motifs is 3. The molecule has 7 aromatic carbocycles. The molecule has 5 heteroatoms. The van der Waals surface area contributed by atoms with Gasteiger partial charge in [-0.1, -0.05) is 140 Å². The fourth-order valence-corrected chi connectivity index (χ4v) is 6.37. The number of amidine groups is 1. The van der Waals surface area contributed by atoms with Crippen LogP contribution in [-0.2, 0) is 6.61 Å². The number of aliphatic imine (C=N–C) groups is 1. The van der Waals surface area contributed by atoms with Crippen molar-refractivity contribution in [1.82, 2.24) is 10.6 Å². The summed E-state index contributed by atoms with van der Waals surface area (Å²) in [6.07, 6.45) is -0.333. The third-order valence-electron chi connectivity index (χ3n) is 8.79. The fourth-order valence-electron chi connectivity index (χ4n) is 6.37. The average molecular weight is 611 g/mol. The molecule has 0 aliphatic carbocycles. The van der Waals surface area contributed by atoms with Crippen molar-refractivity contribution in [2.24, 2.45) is 4.99 Å². The van der Waals surface area contributed by atoms with Gasteiger partial charge < -0.3 is 15.8 Å². The van der Waals surface area contributed by atoms with Gasteiger partial charge >= 0.3 is 0 Å². The zero-order chi connectivity index (χ0) is 31.6. The summed E-state index contributed by atoms with van der Waals surface area (Å²) >= 11 is 0. The SMILES string of the molecule is Nc1ccc2ccc3ccc(-c4cccc(C5NC(c6ccccc6)=NC(c6ccccc6)N5)c4)cc3c2c1OCc1ccccc1. The number of hydrogen-bond acceptors (Lipinski definition) is 5. The minimum absolute atomic E-state index is 0.146. The molecule has 1 aliphatic rings. The van der Waals surface area contributed by atoms with E-state index in [0.29, 0.717) is 12.3 Å². The summed E-state index contributed by atoms with van der Waals surface area (Å²) in [6, 6.07) is 54.5. The predicted molar refractivity (Wildman–Crippen MR) is 193 cm³/mol. The maximum Gasteiger partial charge on any atom is 0.151 e. The second kappa shape index (κ2) is 12.5. The van der Waals surface area contributed by atoms with E-state index in [2.05, 4.69) is 120 Å². The molecule has 47 heavy (non-hydrogen) atoms. The fraction of sp³-hybridized carbons (Fsp3) is 0.0714. The van der Waals surface area contributed by atoms with Gasteiger partial charge in [0.15, 0.2) is 5.75 Å². The highest BCUT2D eigenvalue weighted by Crippen LogP contribution is 2.39. The molecule has 2 atom stereocenters. The van der Waals surface area contributed by atoms with Gasteiger partial charge in [-0.2, -0.15) is 0 Å². The van der Waals surface area contributed by atoms with Crippen molar-refractivity contribution >= 4 is 33.1 Å². The van der Waals surface area contributed by atoms with Gasteiger partial charge in [-0.15, -0.1) is 0 Å². The lowest BCUT2D eigenvalue weighted by molar-refractivity contribution is 0.312. The van der Waals surface area contributed by atoms with E-state index in [1.165, 1.54) is 0 Å². The number of ether oxygens (including phenoxy) is 1. The molecule has 5 nitrogen and oxygen atoms in total. The van der Waals surface area contributed by atoms with Crippen LogP contribution in [0.2, 0.25) is 0 Å². The zero-order valence-corrected chi connectivity index (χ0v) is 25.8. The van der Waals surface area contributed by atoms with E-state index in [1.54, 1.807) is 0 Å². The van der Waals surface area contributed by atoms with Crippen molar-refractivity contribution in [2.45, 2.75) is 18.9 Å². The number of nitrogen functional groups attached to an aromatic ring is 1. The topological polar surface area (TPSA) is 71.7 Å². The van der Waals surface area contributed by atoms with E-state index < -0.39 is 0 Å². The minimum atomic E-state index is -0.187. The Morgan fingerprint density at radius 1 is 0.596 bits per heavy atom. The van der Waals surface area contributed by atoms with Gasteiger partial charge in [-0.25, -0.2) is 4.99 Å². The first kappa shape index (κ1) is 28.6. The largest absolute Gasteiger partial charge is 0.486 e. The molecule has 1 heterocycles. The summed E-state index contributed by atoms with van der Waals surface area (Å²) in [7, 11) is 0. The Balaban J connectivity index is 1.17. The third kappa shape index (κ3) is 5.81. The molecule has 0 saturated heterocycles. The van der Waals surface area contributed by atoms with Gasteiger partial charge in [0.05, 0.1) is 5.69 Å². The van der Waals surface area contributed by atoms with Crippen LogP contribution in [0.4, 0.5) is 5.69 Å². The highest BCUT2D eigenvalue weighted by atomic mass is 16.5. The van der Waals surface area contributed by atoms with Gasteiger partial charge in [-0.05, 0) is 62.2 Å². The monoisotopic (exact) mass is 610 g/mol. The summed E-state index contributed by atoms with van der Waals surface area (Å²) in [6.45, 7) is 0.446. The summed E-state index contributed by atoms with van der Waals surface area (Å²) in [4.78, 5) is 5.06. The molecule has 2 unspecified atom stereocenters. The lowest BCUT2D eigenvalue weighted by Crippen LogP contribution is -2.44. The number of nitrogens with zero attached hydrogens (tertiary/aromatic N) is 1. The molecule has 8 rings (SSSR count). The van der Waals surface area contributed by atoms with Gasteiger partial charge in [0, 0.05) is 10.9 Å². The smallest absolute Gasteiger partial charge is 0.151 e. The van der Waals surface area contributed by atoms with Crippen LogP contribution < -0.4 is 21.1 Å². The van der Waals surface area contributed by atoms with E-state index in [-0.39, 0.29) is 12.3 Å². The lowest BCUT2D eigenvalue weighted by Gasteiger charge is -2.32. The van der Waals surface area contributed by atoms with E-state index in [0.717, 1.165) is 66.5 Å². The molecule has 1 aliphatic heterocycles. The van der Waals surface area contributed by atoms with Crippen molar-refractivity contribution in [3.8, 4) is 16.9 Å². The molecular weight excluding hydrogens is 576 g/mol. The normalized spacial score (nSPS) is 16.0. The molecule has 0 amide bonds. The predicted octanol–water partition coefficient (Wildman–Crippen LogP) is 9.16. The van der Waals surface area contributed by atoms with Crippen LogP contribution in [0.5, 0.6) is 5.75 Å². The van der Waals surface area contributed by atoms with Crippen LogP contribution in [0, 0.1) is 0 Å². The molecule has 4 N–H and O–H groups in total. The van der Waals surface area contributed by atoms with Crippen molar-refractivity contribution < 1.29 is 4.74 Å². The van der Waals surface area contributed by atoms with Crippen molar-refractivity contribution in [3.05, 3.63) is 180 Å². The summed E-state index contributed by atoms with van der Waals surface area (Å²) in [5.41, 5.74) is 13.8. The molecule has 0 aromatic heterocycles. The number of benzene rings is 7. The first-order valence-corrected chi connectivity index (χ1v) is 15.9. The van der Waals surface area contributed by atoms with Crippen LogP contribution in [0.15, 0.2) is 163 Å². The van der Waals surface area contributed by atoms with Crippen molar-refractivity contribution in [3.63, 3.8) is 0 Å². The molecule has 0 fully saturated rings. The first-order valence-electron chi connectivity index (χ1n) is 15.9. The van der Waals surface area contributed by atoms with Crippen LogP contribution in [0.25, 0.3) is 32.7 Å². The quantitative estimate of drug-likeness (QED) is 0.124. The van der Waals surface area contributed by atoms with Gasteiger partial charge in [-0.3, -0.25) is 5.32 Å². The van der Waals surface area contributed by atoms with Gasteiger partial charge in [0.2, 0.25) is 0 Å². The Labute approximate surface area is 274 Å². The van der Waals surface area contributed by atoms with Crippen LogP contribution in [0.3, 0.4) is 0 Å². The number of nitrogens with two attached hydrogens (primary N) is 1. The Morgan fingerprint density at radius 2 is 1.23 bits per heavy atom. The molecule has 7 aromatic rings. The van der Waals surface area contributed by atoms with E-state index in [1.807, 2.05) is 48.5 Å². The van der Waals surface area contributed by atoms with Crippen molar-refractivity contribution in [2.75, 3.05) is 5.73 Å². The Morgan fingerprint density at radius 3 is 2.04 bits per heavy atom. The lowest BCUT2D eigenvalue weighted by atomic mass is 9.95. The van der Waals surface area contributed by atoms with E-state index in [4.69, 9.17) is 15.5 Å². The highest BCUT2D eigenvalue weighted by Gasteiger charge is 2.25. The number of nitrogens with one attached hydrogen (secondary N) is 2. The van der Waals surface area contributed by atoms with Crippen molar-refractivity contribution in [1.29, 1.82) is 0 Å². The standard InChI is InChI=1S/C42H34N4O/c43-37-24-23-30-21-19-29-20-22-34(26-36(29)38(30)39(37)47-27-28-11-4-1-5-12-28)33-17-10-18-35(25-33)42-45-40(31-13-6-2-7-14-31)44-41(46-42)32-15-8-3-9-16-32/h1-26,40,42,45H,27,43H2,(H,44,46). The molecular formula is C42H34N4O. The number of hydrogen-bond donors (Lipinski definition) is 3. The first-order chi connectivity index (χ1) is 23.2. The number of rotatable bonds is 7. The summed E-state index contributed by atoms with van der Waals surface area (Å²) in [5.74, 6) is 1.59. The zero-order valence-electron chi connectivity index (χ0n) is 25.8. The van der Waals surface area contributed by atoms with E-state index in [9.17, 15) is 0 Å². The molecule has 0 spiro atoms. The summed E-state index contributed by atoms with van der Waals surface area (Å²) in [5, 5.41) is 11.8. The van der Waals surface area contributed by atoms with E-state index >= 15 is 0 Å². The summed E-state index contributed by atoms with van der Waals surface area (Å²) < 4.78 is 6.43. The van der Waals surface area contributed by atoms with Gasteiger partial charge in [0.25, 0.3) is 0 Å². The second-order valence-corrected chi connectivity index (χ2v) is 11.9. The maximum atomic E-state index is 6.55. The molecule has 0 bridgehead atoms. The second-order valence-electron chi connectivity index (χ2n) is 11.9. The Hall–Kier alpha value is -5.91. The van der Waals surface area contributed by atoms with Gasteiger partial charge in [0.1, 0.15) is 24.8 Å². The average Bonchev–Trinajstić information content (AvgIpc) is 3.15. The van der Waals surface area contributed by atoms with Crippen LogP contribution >= 0.6 is 0 Å². The highest BCUT2D eigenvalue weighted by molar-refractivity contribution is 6.13. The molecule has 228 valence electrons. The molecule has 0 saturated carbocycles. The maximum absolute atomic E-state index is 6.55. The Kier molecular flexibility index (Phi) is 7.58. The number of anilines is 1. The third-order valence-corrected chi connectivity index (χ3v) is 8.79. The van der Waals surface area contributed by atoms with Crippen LogP contribution in [-0.4, -0.2) is 5.84 Å². The van der Waals surface area contributed by atoms with Crippen LogP contribution in [0.1, 0.15) is 34.6 Å². The molecule has 0 radical (unpaired) electrons. The Bertz CT molecular complexity index is 2220.